The maximum absolute atomic E-state index is 12.0. The van der Waals surface area contributed by atoms with Gasteiger partial charge in [0.25, 0.3) is 0 Å². The minimum atomic E-state index is -0.205. The minimum Gasteiger partial charge on any atom is -0.298 e. The average Bonchev–Trinajstić information content (AvgIpc) is 3.15. The maximum atomic E-state index is 12.0. The molecule has 2 aromatic carbocycles. The van der Waals surface area contributed by atoms with Crippen molar-refractivity contribution >= 4 is 60.2 Å². The molecule has 0 radical (unpaired) electrons. The second-order valence-electron chi connectivity index (χ2n) is 4.83. The highest BCUT2D eigenvalue weighted by Gasteiger charge is 2.05. The zero-order chi connectivity index (χ0) is 15.6. The van der Waals surface area contributed by atoms with Crippen molar-refractivity contribution in [3.8, 4) is 0 Å². The van der Waals surface area contributed by atoms with Crippen LogP contribution in [-0.2, 0) is 4.79 Å². The van der Waals surface area contributed by atoms with Gasteiger partial charge in [-0.1, -0.05) is 35.6 Å². The molecule has 4 nitrogen and oxygen atoms in total. The monoisotopic (exact) mass is 337 g/mol. The fourth-order valence-electron chi connectivity index (χ4n) is 2.18. The van der Waals surface area contributed by atoms with Crippen LogP contribution in [0, 0.1) is 0 Å². The van der Waals surface area contributed by atoms with Crippen molar-refractivity contribution in [1.82, 2.24) is 9.97 Å². The lowest BCUT2D eigenvalue weighted by Gasteiger charge is -1.94. The number of thiazole rings is 2. The standard InChI is InChI=1S/C17H11N3OS2/c21-15(20-17-19-12-6-2-4-8-14(12)23-17)9-10-16-18-11-5-1-3-7-13(11)22-16/h1-10H,(H,19,20,21)/b10-9+. The molecule has 112 valence electrons. The summed E-state index contributed by atoms with van der Waals surface area (Å²) in [5.41, 5.74) is 1.84. The van der Waals surface area contributed by atoms with Crippen LogP contribution >= 0.6 is 22.7 Å². The Hall–Kier alpha value is -2.57. The van der Waals surface area contributed by atoms with Gasteiger partial charge in [-0.2, -0.15) is 0 Å². The molecule has 0 aliphatic carbocycles. The Balaban J connectivity index is 1.50. The minimum absolute atomic E-state index is 0.205. The Morgan fingerprint density at radius 1 is 0.913 bits per heavy atom. The fraction of sp³-hybridized carbons (Fsp3) is 0. The SMILES string of the molecule is O=C(/C=C/c1nc2ccccc2s1)Nc1nc2ccccc2s1. The van der Waals surface area contributed by atoms with E-state index in [0.717, 1.165) is 25.4 Å². The van der Waals surface area contributed by atoms with Crippen molar-refractivity contribution in [2.45, 2.75) is 0 Å². The average molecular weight is 337 g/mol. The number of anilines is 1. The van der Waals surface area contributed by atoms with E-state index in [0.29, 0.717) is 5.13 Å². The third kappa shape index (κ3) is 2.99. The highest BCUT2D eigenvalue weighted by Crippen LogP contribution is 2.25. The van der Waals surface area contributed by atoms with E-state index < -0.39 is 0 Å². The lowest BCUT2D eigenvalue weighted by atomic mass is 10.3. The van der Waals surface area contributed by atoms with Gasteiger partial charge in [0.1, 0.15) is 5.01 Å². The van der Waals surface area contributed by atoms with E-state index >= 15 is 0 Å². The van der Waals surface area contributed by atoms with Crippen molar-refractivity contribution in [3.05, 3.63) is 59.6 Å². The highest BCUT2D eigenvalue weighted by atomic mass is 32.1. The Labute approximate surface area is 140 Å². The quantitative estimate of drug-likeness (QED) is 0.558. The number of nitrogens with zero attached hydrogens (tertiary/aromatic N) is 2. The smallest absolute Gasteiger partial charge is 0.250 e. The molecule has 2 aromatic heterocycles. The predicted octanol–water partition coefficient (Wildman–Crippen LogP) is 4.56. The van der Waals surface area contributed by atoms with E-state index in [9.17, 15) is 4.79 Å². The van der Waals surface area contributed by atoms with Gasteiger partial charge >= 0.3 is 0 Å². The highest BCUT2D eigenvalue weighted by molar-refractivity contribution is 7.22. The first-order chi connectivity index (χ1) is 11.3. The number of fused-ring (bicyclic) bond motifs is 2. The third-order valence-electron chi connectivity index (χ3n) is 3.21. The number of nitrogens with one attached hydrogen (secondary N) is 1. The molecule has 2 heterocycles. The maximum Gasteiger partial charge on any atom is 0.250 e. The number of carbonyl (C=O) groups is 1. The summed E-state index contributed by atoms with van der Waals surface area (Å²) in [7, 11) is 0. The van der Waals surface area contributed by atoms with Crippen LogP contribution < -0.4 is 5.32 Å². The van der Waals surface area contributed by atoms with Gasteiger partial charge in [0.15, 0.2) is 5.13 Å². The first kappa shape index (κ1) is 14.0. The third-order valence-corrected chi connectivity index (χ3v) is 5.17. The van der Waals surface area contributed by atoms with E-state index in [1.807, 2.05) is 48.5 Å². The summed E-state index contributed by atoms with van der Waals surface area (Å²) >= 11 is 3.02. The van der Waals surface area contributed by atoms with Gasteiger partial charge < -0.3 is 0 Å². The molecular formula is C17H11N3OS2. The number of rotatable bonds is 3. The van der Waals surface area contributed by atoms with Gasteiger partial charge in [-0.3, -0.25) is 10.1 Å². The van der Waals surface area contributed by atoms with Crippen LogP contribution in [0.15, 0.2) is 54.6 Å². The molecule has 23 heavy (non-hydrogen) atoms. The molecular weight excluding hydrogens is 326 g/mol. The zero-order valence-corrected chi connectivity index (χ0v) is 13.5. The Kier molecular flexibility index (Phi) is 3.61. The second-order valence-corrected chi connectivity index (χ2v) is 6.92. The molecule has 0 aliphatic heterocycles. The largest absolute Gasteiger partial charge is 0.298 e. The molecule has 0 spiro atoms. The van der Waals surface area contributed by atoms with E-state index in [4.69, 9.17) is 0 Å². The van der Waals surface area contributed by atoms with Gasteiger partial charge in [-0.15, -0.1) is 11.3 Å². The van der Waals surface area contributed by atoms with Crippen molar-refractivity contribution in [2.75, 3.05) is 5.32 Å². The van der Waals surface area contributed by atoms with E-state index in [1.165, 1.54) is 17.4 Å². The summed E-state index contributed by atoms with van der Waals surface area (Å²) in [5, 5.41) is 4.21. The Morgan fingerprint density at radius 2 is 1.57 bits per heavy atom. The van der Waals surface area contributed by atoms with Crippen molar-refractivity contribution in [1.29, 1.82) is 0 Å². The van der Waals surface area contributed by atoms with Crippen LogP contribution in [0.5, 0.6) is 0 Å². The van der Waals surface area contributed by atoms with Crippen LogP contribution in [-0.4, -0.2) is 15.9 Å². The molecule has 4 rings (SSSR count). The lowest BCUT2D eigenvalue weighted by Crippen LogP contribution is -2.07. The van der Waals surface area contributed by atoms with Gasteiger partial charge in [0.2, 0.25) is 5.91 Å². The van der Waals surface area contributed by atoms with Crippen molar-refractivity contribution in [2.24, 2.45) is 0 Å². The predicted molar refractivity (Wildman–Crippen MR) is 96.9 cm³/mol. The second kappa shape index (κ2) is 5.91. The number of hydrogen-bond donors (Lipinski definition) is 1. The van der Waals surface area contributed by atoms with Crippen molar-refractivity contribution < 1.29 is 4.79 Å². The number of benzene rings is 2. The number of amides is 1. The molecule has 0 atom stereocenters. The van der Waals surface area contributed by atoms with Crippen LogP contribution in [0.3, 0.4) is 0 Å². The number of carbonyl (C=O) groups excluding carboxylic acids is 1. The number of hydrogen-bond acceptors (Lipinski definition) is 5. The van der Waals surface area contributed by atoms with E-state index in [-0.39, 0.29) is 5.91 Å². The molecule has 0 fully saturated rings. The molecule has 6 heteroatoms. The van der Waals surface area contributed by atoms with E-state index in [1.54, 1.807) is 17.4 Å². The Bertz CT molecular complexity index is 966. The first-order valence-corrected chi connectivity index (χ1v) is 8.61. The van der Waals surface area contributed by atoms with Crippen LogP contribution in [0.1, 0.15) is 5.01 Å². The summed E-state index contributed by atoms with van der Waals surface area (Å²) in [6.45, 7) is 0. The molecule has 0 saturated carbocycles. The van der Waals surface area contributed by atoms with Gasteiger partial charge in [0, 0.05) is 6.08 Å². The van der Waals surface area contributed by atoms with Crippen LogP contribution in [0.2, 0.25) is 0 Å². The summed E-state index contributed by atoms with van der Waals surface area (Å²) in [5.74, 6) is -0.205. The topological polar surface area (TPSA) is 54.9 Å². The molecule has 0 bridgehead atoms. The zero-order valence-electron chi connectivity index (χ0n) is 11.9. The molecule has 0 unspecified atom stereocenters. The first-order valence-electron chi connectivity index (χ1n) is 6.98. The molecule has 4 aromatic rings. The van der Waals surface area contributed by atoms with Gasteiger partial charge in [-0.05, 0) is 30.3 Å². The molecule has 0 aliphatic rings. The summed E-state index contributed by atoms with van der Waals surface area (Å²) in [6.07, 6.45) is 3.22. The lowest BCUT2D eigenvalue weighted by molar-refractivity contribution is -0.111. The van der Waals surface area contributed by atoms with Crippen LogP contribution in [0.25, 0.3) is 26.5 Å². The van der Waals surface area contributed by atoms with Gasteiger partial charge in [-0.25, -0.2) is 9.97 Å². The fourth-order valence-corrected chi connectivity index (χ4v) is 3.92. The normalized spacial score (nSPS) is 11.5. The molecule has 1 N–H and O–H groups in total. The Morgan fingerprint density at radius 3 is 2.26 bits per heavy atom. The summed E-state index contributed by atoms with van der Waals surface area (Å²) < 4.78 is 2.16. The summed E-state index contributed by atoms with van der Waals surface area (Å²) in [6, 6.07) is 15.7. The van der Waals surface area contributed by atoms with Crippen LogP contribution in [0.4, 0.5) is 5.13 Å². The summed E-state index contributed by atoms with van der Waals surface area (Å²) in [4.78, 5) is 20.9. The molecule has 0 saturated heterocycles. The number of para-hydroxylation sites is 2. The van der Waals surface area contributed by atoms with E-state index in [2.05, 4.69) is 15.3 Å². The van der Waals surface area contributed by atoms with Crippen molar-refractivity contribution in [3.63, 3.8) is 0 Å². The number of aromatic nitrogens is 2. The van der Waals surface area contributed by atoms with Gasteiger partial charge in [0.05, 0.1) is 20.4 Å². The molecule has 1 amide bonds.